The fraction of sp³-hybridized carbons (Fsp3) is 0.400. The number of rotatable bonds is 1. The molecule has 1 aliphatic heterocycles. The van der Waals surface area contributed by atoms with E-state index in [0.717, 1.165) is 31.3 Å². The molecule has 2 rings (SSSR count). The summed E-state index contributed by atoms with van der Waals surface area (Å²) in [6.07, 6.45) is 0. The van der Waals surface area contributed by atoms with E-state index in [1.54, 1.807) is 0 Å². The van der Waals surface area contributed by atoms with Crippen molar-refractivity contribution in [3.05, 3.63) is 26.8 Å². The van der Waals surface area contributed by atoms with Crippen molar-refractivity contribution < 1.29 is 4.74 Å². The number of hydrogen-bond acceptors (Lipinski definition) is 2. The van der Waals surface area contributed by atoms with Crippen LogP contribution in [0.4, 0.5) is 5.69 Å². The van der Waals surface area contributed by atoms with Crippen LogP contribution in [0.5, 0.6) is 0 Å². The molecule has 0 spiro atoms. The Kier molecular flexibility index (Phi) is 3.52. The average molecular weight is 324 g/mol. The third-order valence-corrected chi connectivity index (χ3v) is 3.36. The van der Waals surface area contributed by atoms with E-state index in [1.165, 1.54) is 9.26 Å². The summed E-state index contributed by atoms with van der Waals surface area (Å²) in [5.74, 6) is 0. The Morgan fingerprint density at radius 2 is 2.00 bits per heavy atom. The van der Waals surface area contributed by atoms with Crippen LogP contribution in [0.1, 0.15) is 0 Å². The molecule has 1 aromatic carbocycles. The lowest BCUT2D eigenvalue weighted by molar-refractivity contribution is 0.122. The molecule has 0 aromatic heterocycles. The zero-order valence-corrected chi connectivity index (χ0v) is 10.6. The van der Waals surface area contributed by atoms with Crippen molar-refractivity contribution in [2.45, 2.75) is 0 Å². The van der Waals surface area contributed by atoms with Crippen LogP contribution in [-0.2, 0) is 4.74 Å². The predicted molar refractivity (Wildman–Crippen MR) is 67.2 cm³/mol. The molecular formula is C10H11ClINO. The number of morpholine rings is 1. The molecule has 1 fully saturated rings. The Morgan fingerprint density at radius 1 is 1.29 bits per heavy atom. The summed E-state index contributed by atoms with van der Waals surface area (Å²) in [4.78, 5) is 2.33. The Labute approximate surface area is 102 Å². The second-order valence-corrected chi connectivity index (χ2v) is 4.79. The minimum absolute atomic E-state index is 0.798. The van der Waals surface area contributed by atoms with E-state index < -0.39 is 0 Å². The molecule has 1 saturated heterocycles. The van der Waals surface area contributed by atoms with E-state index in [2.05, 4.69) is 33.6 Å². The Bertz CT molecular complexity index is 326. The summed E-state index contributed by atoms with van der Waals surface area (Å²) >= 11 is 8.23. The molecule has 0 bridgehead atoms. The summed E-state index contributed by atoms with van der Waals surface area (Å²) in [6, 6.07) is 6.01. The topological polar surface area (TPSA) is 12.5 Å². The molecule has 0 unspecified atom stereocenters. The van der Waals surface area contributed by atoms with Gasteiger partial charge in [-0.1, -0.05) is 11.6 Å². The van der Waals surface area contributed by atoms with Crippen LogP contribution in [0, 0.1) is 3.57 Å². The molecule has 1 aliphatic rings. The third-order valence-electron chi connectivity index (χ3n) is 2.26. The molecule has 0 atom stereocenters. The van der Waals surface area contributed by atoms with Crippen molar-refractivity contribution >= 4 is 39.9 Å². The van der Waals surface area contributed by atoms with Crippen molar-refractivity contribution in [1.82, 2.24) is 0 Å². The number of hydrogen-bond donors (Lipinski definition) is 0. The van der Waals surface area contributed by atoms with Crippen LogP contribution < -0.4 is 4.90 Å². The van der Waals surface area contributed by atoms with Gasteiger partial charge in [0.15, 0.2) is 0 Å². The van der Waals surface area contributed by atoms with E-state index in [9.17, 15) is 0 Å². The molecule has 14 heavy (non-hydrogen) atoms. The zero-order valence-electron chi connectivity index (χ0n) is 7.67. The number of nitrogens with zero attached hydrogens (tertiary/aromatic N) is 1. The van der Waals surface area contributed by atoms with Gasteiger partial charge < -0.3 is 9.64 Å². The summed E-state index contributed by atoms with van der Waals surface area (Å²) in [5.41, 5.74) is 1.26. The summed E-state index contributed by atoms with van der Waals surface area (Å²) < 4.78 is 6.52. The van der Waals surface area contributed by atoms with Gasteiger partial charge in [0.05, 0.1) is 18.9 Å². The van der Waals surface area contributed by atoms with E-state index in [1.807, 2.05) is 12.1 Å². The maximum absolute atomic E-state index is 5.91. The van der Waals surface area contributed by atoms with Gasteiger partial charge in [-0.25, -0.2) is 0 Å². The monoisotopic (exact) mass is 323 g/mol. The first kappa shape index (κ1) is 10.5. The highest BCUT2D eigenvalue weighted by atomic mass is 127. The van der Waals surface area contributed by atoms with Crippen LogP contribution in [0.2, 0.25) is 5.02 Å². The second-order valence-electron chi connectivity index (χ2n) is 3.20. The van der Waals surface area contributed by atoms with Gasteiger partial charge >= 0.3 is 0 Å². The molecule has 76 valence electrons. The molecule has 0 amide bonds. The minimum atomic E-state index is 0.798. The normalized spacial score (nSPS) is 17.1. The number of benzene rings is 1. The minimum Gasteiger partial charge on any atom is -0.378 e. The highest BCUT2D eigenvalue weighted by molar-refractivity contribution is 14.1. The van der Waals surface area contributed by atoms with Crippen LogP contribution in [0.3, 0.4) is 0 Å². The van der Waals surface area contributed by atoms with Gasteiger partial charge in [-0.2, -0.15) is 0 Å². The maximum Gasteiger partial charge on any atom is 0.0642 e. The summed E-state index contributed by atoms with van der Waals surface area (Å²) in [7, 11) is 0. The lowest BCUT2D eigenvalue weighted by Crippen LogP contribution is -2.36. The van der Waals surface area contributed by atoms with Crippen molar-refractivity contribution in [2.75, 3.05) is 31.2 Å². The molecule has 4 heteroatoms. The maximum atomic E-state index is 5.91. The van der Waals surface area contributed by atoms with Gasteiger partial charge in [0.1, 0.15) is 0 Å². The molecule has 1 heterocycles. The van der Waals surface area contributed by atoms with Gasteiger partial charge in [0.2, 0.25) is 0 Å². The third kappa shape index (κ3) is 2.32. The van der Waals surface area contributed by atoms with Crippen LogP contribution in [-0.4, -0.2) is 26.3 Å². The molecule has 2 nitrogen and oxygen atoms in total. The van der Waals surface area contributed by atoms with E-state index in [4.69, 9.17) is 16.3 Å². The Balaban J connectivity index is 2.22. The van der Waals surface area contributed by atoms with Crippen molar-refractivity contribution in [1.29, 1.82) is 0 Å². The smallest absolute Gasteiger partial charge is 0.0642 e. The SMILES string of the molecule is Clc1ccc(N2CCOCC2)c(I)c1. The molecular weight excluding hydrogens is 312 g/mol. The van der Waals surface area contributed by atoms with Gasteiger partial charge in [0, 0.05) is 21.7 Å². The Morgan fingerprint density at radius 3 is 2.64 bits per heavy atom. The predicted octanol–water partition coefficient (Wildman–Crippen LogP) is 2.78. The molecule has 1 aromatic rings. The van der Waals surface area contributed by atoms with Gasteiger partial charge in [-0.05, 0) is 40.8 Å². The first-order chi connectivity index (χ1) is 6.77. The highest BCUT2D eigenvalue weighted by Gasteiger charge is 2.13. The molecule has 0 N–H and O–H groups in total. The zero-order chi connectivity index (χ0) is 9.97. The van der Waals surface area contributed by atoms with E-state index >= 15 is 0 Å². The fourth-order valence-corrected chi connectivity index (χ4v) is 2.75. The quantitative estimate of drug-likeness (QED) is 0.737. The number of ether oxygens (including phenoxy) is 1. The summed E-state index contributed by atoms with van der Waals surface area (Å²) in [6.45, 7) is 3.58. The Hall–Kier alpha value is -0.000000000000000111. The van der Waals surface area contributed by atoms with Crippen LogP contribution in [0.25, 0.3) is 0 Å². The highest BCUT2D eigenvalue weighted by Crippen LogP contribution is 2.26. The number of halogens is 2. The lowest BCUT2D eigenvalue weighted by Gasteiger charge is -2.29. The van der Waals surface area contributed by atoms with Crippen molar-refractivity contribution in [2.24, 2.45) is 0 Å². The molecule has 0 aliphatic carbocycles. The summed E-state index contributed by atoms with van der Waals surface area (Å²) in [5, 5.41) is 0.798. The standard InChI is InChI=1S/C10H11ClINO/c11-8-1-2-10(9(12)7-8)13-3-5-14-6-4-13/h1-2,7H,3-6H2. The lowest BCUT2D eigenvalue weighted by atomic mass is 10.2. The first-order valence-corrected chi connectivity index (χ1v) is 6.01. The fourth-order valence-electron chi connectivity index (χ4n) is 1.54. The first-order valence-electron chi connectivity index (χ1n) is 4.55. The van der Waals surface area contributed by atoms with E-state index in [0.29, 0.717) is 0 Å². The van der Waals surface area contributed by atoms with Crippen LogP contribution >= 0.6 is 34.2 Å². The van der Waals surface area contributed by atoms with Gasteiger partial charge in [-0.15, -0.1) is 0 Å². The van der Waals surface area contributed by atoms with Crippen molar-refractivity contribution in [3.63, 3.8) is 0 Å². The van der Waals surface area contributed by atoms with Crippen molar-refractivity contribution in [3.8, 4) is 0 Å². The number of anilines is 1. The second kappa shape index (κ2) is 4.68. The van der Waals surface area contributed by atoms with Crippen LogP contribution in [0.15, 0.2) is 18.2 Å². The molecule has 0 saturated carbocycles. The average Bonchev–Trinajstić information content (AvgIpc) is 2.19. The van der Waals surface area contributed by atoms with E-state index in [-0.39, 0.29) is 0 Å². The molecule has 0 radical (unpaired) electrons. The van der Waals surface area contributed by atoms with Gasteiger partial charge in [0.25, 0.3) is 0 Å². The largest absolute Gasteiger partial charge is 0.378 e. The van der Waals surface area contributed by atoms with Gasteiger partial charge in [-0.3, -0.25) is 0 Å².